The van der Waals surface area contributed by atoms with Gasteiger partial charge in [0.15, 0.2) is 0 Å². The zero-order chi connectivity index (χ0) is 17.8. The highest BCUT2D eigenvalue weighted by Gasteiger charge is 2.28. The van der Waals surface area contributed by atoms with Gasteiger partial charge in [-0.25, -0.2) is 4.98 Å². The summed E-state index contributed by atoms with van der Waals surface area (Å²) in [5.74, 6) is 0.713. The summed E-state index contributed by atoms with van der Waals surface area (Å²) in [5.41, 5.74) is 1.92. The predicted molar refractivity (Wildman–Crippen MR) is 94.1 cm³/mol. The fourth-order valence-corrected chi connectivity index (χ4v) is 3.13. The Morgan fingerprint density at radius 2 is 2.12 bits per heavy atom. The van der Waals surface area contributed by atoms with Gasteiger partial charge in [0, 0.05) is 32.2 Å². The molecule has 0 amide bonds. The van der Waals surface area contributed by atoms with Crippen molar-refractivity contribution in [3.63, 3.8) is 0 Å². The van der Waals surface area contributed by atoms with Crippen molar-refractivity contribution in [2.45, 2.75) is 19.5 Å². The summed E-state index contributed by atoms with van der Waals surface area (Å²) in [6, 6.07) is 13.7. The van der Waals surface area contributed by atoms with Gasteiger partial charge < -0.3 is 4.90 Å². The number of piperazine rings is 1. The zero-order valence-electron chi connectivity index (χ0n) is 14.0. The molecule has 1 aromatic heterocycles. The van der Waals surface area contributed by atoms with Gasteiger partial charge in [0.05, 0.1) is 11.0 Å². The van der Waals surface area contributed by atoms with E-state index < -0.39 is 4.92 Å². The van der Waals surface area contributed by atoms with Crippen LogP contribution in [0.1, 0.15) is 11.1 Å². The molecule has 0 bridgehead atoms. The van der Waals surface area contributed by atoms with E-state index in [2.05, 4.69) is 28.1 Å². The van der Waals surface area contributed by atoms with E-state index in [0.717, 1.165) is 25.2 Å². The van der Waals surface area contributed by atoms with Gasteiger partial charge in [0.2, 0.25) is 0 Å². The quantitative estimate of drug-likeness (QED) is 0.629. The summed E-state index contributed by atoms with van der Waals surface area (Å²) < 4.78 is 0. The zero-order valence-corrected chi connectivity index (χ0v) is 14.0. The van der Waals surface area contributed by atoms with Crippen molar-refractivity contribution in [2.24, 2.45) is 0 Å². The summed E-state index contributed by atoms with van der Waals surface area (Å²) in [5, 5.41) is 20.4. The largest absolute Gasteiger partial charge is 0.352 e. The molecule has 25 heavy (non-hydrogen) atoms. The van der Waals surface area contributed by atoms with Gasteiger partial charge in [-0.05, 0) is 18.1 Å². The Kier molecular flexibility index (Phi) is 4.91. The van der Waals surface area contributed by atoms with Crippen molar-refractivity contribution in [1.29, 1.82) is 5.26 Å². The number of hydrogen-bond acceptors (Lipinski definition) is 6. The molecule has 7 nitrogen and oxygen atoms in total. The second-order valence-corrected chi connectivity index (χ2v) is 6.14. The topological polar surface area (TPSA) is 86.3 Å². The highest BCUT2D eigenvalue weighted by Crippen LogP contribution is 2.24. The molecule has 0 N–H and O–H groups in total. The maximum absolute atomic E-state index is 10.9. The first kappa shape index (κ1) is 16.9. The second-order valence-electron chi connectivity index (χ2n) is 6.14. The Morgan fingerprint density at radius 1 is 1.36 bits per heavy atom. The third kappa shape index (κ3) is 3.75. The van der Waals surface area contributed by atoms with Gasteiger partial charge in [-0.1, -0.05) is 30.3 Å². The smallest absolute Gasteiger partial charge is 0.287 e. The molecule has 0 saturated carbocycles. The molecule has 1 saturated heterocycles. The molecule has 0 radical (unpaired) electrons. The third-order valence-electron chi connectivity index (χ3n) is 4.42. The number of rotatable bonds is 4. The van der Waals surface area contributed by atoms with Crippen LogP contribution in [0.5, 0.6) is 0 Å². The van der Waals surface area contributed by atoms with E-state index in [9.17, 15) is 15.4 Å². The van der Waals surface area contributed by atoms with Crippen molar-refractivity contribution in [3.8, 4) is 6.07 Å². The lowest BCUT2D eigenvalue weighted by Gasteiger charge is -2.39. The normalized spacial score (nSPS) is 17.9. The fraction of sp³-hybridized carbons (Fsp3) is 0.333. The molecule has 7 heteroatoms. The molecular formula is C18H19N5O2. The molecule has 0 aliphatic carbocycles. The van der Waals surface area contributed by atoms with Crippen LogP contribution in [-0.4, -0.2) is 40.5 Å². The lowest BCUT2D eigenvalue weighted by Crippen LogP contribution is -2.52. The Morgan fingerprint density at radius 3 is 2.76 bits per heavy atom. The van der Waals surface area contributed by atoms with Gasteiger partial charge in [-0.3, -0.25) is 15.0 Å². The molecule has 1 aliphatic heterocycles. The standard InChI is InChI=1S/C18H19N5O2/c1-14-9-16(23(24)25)11-20-18(14)22-8-7-21(17(10-19)13-22)12-15-5-3-2-4-6-15/h2-6,9,11,17H,7-8,12-13H2,1H3/t17-/m0/s1. The fourth-order valence-electron chi connectivity index (χ4n) is 3.13. The van der Waals surface area contributed by atoms with Crippen LogP contribution < -0.4 is 4.90 Å². The molecule has 1 aliphatic rings. The maximum atomic E-state index is 10.9. The number of benzene rings is 1. The average Bonchev–Trinajstić information content (AvgIpc) is 2.63. The first-order valence-corrected chi connectivity index (χ1v) is 8.12. The lowest BCUT2D eigenvalue weighted by molar-refractivity contribution is -0.385. The first-order chi connectivity index (χ1) is 12.1. The Hall–Kier alpha value is -2.98. The van der Waals surface area contributed by atoms with E-state index in [-0.39, 0.29) is 11.7 Å². The monoisotopic (exact) mass is 337 g/mol. The molecule has 0 spiro atoms. The summed E-state index contributed by atoms with van der Waals surface area (Å²) in [6.45, 7) is 4.56. The van der Waals surface area contributed by atoms with E-state index >= 15 is 0 Å². The lowest BCUT2D eigenvalue weighted by atomic mass is 10.1. The van der Waals surface area contributed by atoms with Crippen LogP contribution >= 0.6 is 0 Å². The number of pyridine rings is 1. The molecule has 1 aromatic carbocycles. The molecule has 1 fully saturated rings. The predicted octanol–water partition coefficient (Wildman–Crippen LogP) is 2.51. The minimum absolute atomic E-state index is 0.0132. The van der Waals surface area contributed by atoms with Gasteiger partial charge in [0.25, 0.3) is 5.69 Å². The number of nitro groups is 1. The molecule has 1 atom stereocenters. The molecular weight excluding hydrogens is 318 g/mol. The van der Waals surface area contributed by atoms with Crippen LogP contribution in [0, 0.1) is 28.4 Å². The van der Waals surface area contributed by atoms with Gasteiger partial charge in [0.1, 0.15) is 18.1 Å². The highest BCUT2D eigenvalue weighted by molar-refractivity contribution is 5.51. The summed E-state index contributed by atoms with van der Waals surface area (Å²) >= 11 is 0. The van der Waals surface area contributed by atoms with E-state index in [1.807, 2.05) is 30.0 Å². The van der Waals surface area contributed by atoms with Crippen LogP contribution in [0.4, 0.5) is 11.5 Å². The van der Waals surface area contributed by atoms with Crippen molar-refractivity contribution in [2.75, 3.05) is 24.5 Å². The van der Waals surface area contributed by atoms with E-state index in [0.29, 0.717) is 12.4 Å². The third-order valence-corrected chi connectivity index (χ3v) is 4.42. The summed E-state index contributed by atoms with van der Waals surface area (Å²) in [6.07, 6.45) is 1.28. The number of nitrogens with zero attached hydrogens (tertiary/aromatic N) is 5. The van der Waals surface area contributed by atoms with Gasteiger partial charge >= 0.3 is 0 Å². The van der Waals surface area contributed by atoms with Crippen molar-refractivity contribution in [1.82, 2.24) is 9.88 Å². The highest BCUT2D eigenvalue weighted by atomic mass is 16.6. The molecule has 2 aromatic rings. The van der Waals surface area contributed by atoms with Crippen LogP contribution in [-0.2, 0) is 6.54 Å². The Bertz CT molecular complexity index is 803. The van der Waals surface area contributed by atoms with Gasteiger partial charge in [-0.2, -0.15) is 5.26 Å². The minimum atomic E-state index is -0.445. The number of hydrogen-bond donors (Lipinski definition) is 0. The number of nitriles is 1. The molecule has 0 unspecified atom stereocenters. The first-order valence-electron chi connectivity index (χ1n) is 8.12. The summed E-state index contributed by atoms with van der Waals surface area (Å²) in [7, 11) is 0. The van der Waals surface area contributed by atoms with Crippen LogP contribution in [0.25, 0.3) is 0 Å². The van der Waals surface area contributed by atoms with Crippen LogP contribution in [0.3, 0.4) is 0 Å². The SMILES string of the molecule is Cc1cc([N+](=O)[O-])cnc1N1CCN(Cc2ccccc2)[C@@H](C#N)C1. The second kappa shape index (κ2) is 7.28. The number of aromatic nitrogens is 1. The van der Waals surface area contributed by atoms with E-state index in [1.54, 1.807) is 0 Å². The minimum Gasteiger partial charge on any atom is -0.352 e. The number of anilines is 1. The molecule has 3 rings (SSSR count). The molecule has 128 valence electrons. The number of aryl methyl sites for hydroxylation is 1. The van der Waals surface area contributed by atoms with Crippen molar-refractivity contribution in [3.05, 3.63) is 63.8 Å². The Balaban J connectivity index is 1.73. The molecule has 2 heterocycles. The Labute approximate surface area is 146 Å². The van der Waals surface area contributed by atoms with Crippen molar-refractivity contribution >= 4 is 11.5 Å². The van der Waals surface area contributed by atoms with E-state index in [1.165, 1.54) is 17.8 Å². The van der Waals surface area contributed by atoms with E-state index in [4.69, 9.17) is 0 Å². The van der Waals surface area contributed by atoms with Crippen LogP contribution in [0.2, 0.25) is 0 Å². The van der Waals surface area contributed by atoms with Crippen molar-refractivity contribution < 1.29 is 4.92 Å². The van der Waals surface area contributed by atoms with Gasteiger partial charge in [-0.15, -0.1) is 0 Å². The average molecular weight is 337 g/mol. The summed E-state index contributed by atoms with van der Waals surface area (Å²) in [4.78, 5) is 18.9. The maximum Gasteiger partial charge on any atom is 0.287 e. The van der Waals surface area contributed by atoms with Crippen LogP contribution in [0.15, 0.2) is 42.6 Å².